The van der Waals surface area contributed by atoms with Crippen LogP contribution < -0.4 is 0 Å². The number of ether oxygens (including phenoxy) is 1. The van der Waals surface area contributed by atoms with Crippen molar-refractivity contribution in [1.82, 2.24) is 4.90 Å². The molecule has 0 aromatic heterocycles. The molecule has 7 heteroatoms. The van der Waals surface area contributed by atoms with Gasteiger partial charge < -0.3 is 19.8 Å². The fraction of sp³-hybridized carbons (Fsp3) is 0.355. The Hall–Kier alpha value is -3.35. The van der Waals surface area contributed by atoms with E-state index in [2.05, 4.69) is 18.2 Å². The van der Waals surface area contributed by atoms with Crippen LogP contribution in [0, 0.1) is 6.92 Å². The molecule has 0 spiro atoms. The van der Waals surface area contributed by atoms with E-state index in [9.17, 15) is 19.8 Å². The van der Waals surface area contributed by atoms with Gasteiger partial charge in [-0.25, -0.2) is 9.59 Å². The second-order valence-electron chi connectivity index (χ2n) is 10.9. The van der Waals surface area contributed by atoms with Crippen LogP contribution in [0.15, 0.2) is 60.7 Å². The van der Waals surface area contributed by atoms with Gasteiger partial charge in [-0.15, -0.1) is 0 Å². The van der Waals surface area contributed by atoms with E-state index in [0.29, 0.717) is 17.0 Å². The summed E-state index contributed by atoms with van der Waals surface area (Å²) in [6.07, 6.45) is 0.846. The SMILES string of the molecule is Cc1cc(C(=O)O)ccc1-c1ccc2c(c1)CC(N(CC(O)c1ccc(Cl)cc1)C(=O)OC(C)(C)C)CC2. The van der Waals surface area contributed by atoms with Crippen molar-refractivity contribution < 1.29 is 24.5 Å². The van der Waals surface area contributed by atoms with Crippen LogP contribution in [0.1, 0.15) is 65.9 Å². The zero-order chi connectivity index (χ0) is 27.6. The normalized spacial score (nSPS) is 15.9. The number of carbonyl (C=O) groups is 2. The van der Waals surface area contributed by atoms with Crippen LogP contribution >= 0.6 is 11.6 Å². The van der Waals surface area contributed by atoms with Gasteiger partial charge in [0.05, 0.1) is 18.2 Å². The molecular weight excluding hydrogens is 502 g/mol. The first-order valence-corrected chi connectivity index (χ1v) is 13.2. The van der Waals surface area contributed by atoms with Crippen LogP contribution in [0.3, 0.4) is 0 Å². The molecule has 1 aliphatic rings. The van der Waals surface area contributed by atoms with Crippen molar-refractivity contribution in [3.8, 4) is 11.1 Å². The van der Waals surface area contributed by atoms with Gasteiger partial charge in [0.15, 0.2) is 0 Å². The molecule has 38 heavy (non-hydrogen) atoms. The van der Waals surface area contributed by atoms with Crippen molar-refractivity contribution in [2.45, 2.75) is 64.7 Å². The minimum absolute atomic E-state index is 0.103. The van der Waals surface area contributed by atoms with Gasteiger partial charge in [0.2, 0.25) is 0 Å². The molecule has 6 nitrogen and oxygen atoms in total. The van der Waals surface area contributed by atoms with Gasteiger partial charge in [-0.1, -0.05) is 48.0 Å². The minimum Gasteiger partial charge on any atom is -0.478 e. The summed E-state index contributed by atoms with van der Waals surface area (Å²) in [5.74, 6) is -0.948. The van der Waals surface area contributed by atoms with Crippen molar-refractivity contribution >= 4 is 23.7 Å². The van der Waals surface area contributed by atoms with E-state index in [-0.39, 0.29) is 18.2 Å². The van der Waals surface area contributed by atoms with Crippen LogP contribution in [0.25, 0.3) is 11.1 Å². The fourth-order valence-electron chi connectivity index (χ4n) is 4.96. The number of aryl methyl sites for hydroxylation is 2. The van der Waals surface area contributed by atoms with Crippen molar-refractivity contribution in [1.29, 1.82) is 0 Å². The van der Waals surface area contributed by atoms with Gasteiger partial charge in [0.25, 0.3) is 0 Å². The van der Waals surface area contributed by atoms with E-state index in [4.69, 9.17) is 16.3 Å². The molecule has 2 unspecified atom stereocenters. The van der Waals surface area contributed by atoms with Gasteiger partial charge >= 0.3 is 12.1 Å². The summed E-state index contributed by atoms with van der Waals surface area (Å²) in [6, 6.07) is 18.3. The maximum absolute atomic E-state index is 13.3. The maximum Gasteiger partial charge on any atom is 0.410 e. The second kappa shape index (κ2) is 11.2. The summed E-state index contributed by atoms with van der Waals surface area (Å²) in [7, 11) is 0. The first-order valence-electron chi connectivity index (χ1n) is 12.8. The second-order valence-corrected chi connectivity index (χ2v) is 11.4. The van der Waals surface area contributed by atoms with Crippen LogP contribution in [-0.2, 0) is 17.6 Å². The molecule has 0 saturated heterocycles. The molecule has 1 aliphatic carbocycles. The molecule has 0 bridgehead atoms. The summed E-state index contributed by atoms with van der Waals surface area (Å²) < 4.78 is 5.74. The molecule has 3 aromatic carbocycles. The van der Waals surface area contributed by atoms with E-state index in [1.807, 2.05) is 33.8 Å². The number of amides is 1. The Labute approximate surface area is 228 Å². The molecule has 0 fully saturated rings. The Bertz CT molecular complexity index is 1330. The molecule has 2 atom stereocenters. The molecule has 0 radical (unpaired) electrons. The Balaban J connectivity index is 1.61. The highest BCUT2D eigenvalue weighted by atomic mass is 35.5. The topological polar surface area (TPSA) is 87.1 Å². The molecular formula is C31H34ClNO5. The summed E-state index contributed by atoms with van der Waals surface area (Å²) in [5, 5.41) is 20.9. The predicted molar refractivity (Wildman–Crippen MR) is 149 cm³/mol. The number of aromatic carboxylic acids is 1. The van der Waals surface area contributed by atoms with Crippen LogP contribution in [0.5, 0.6) is 0 Å². The molecule has 200 valence electrons. The fourth-order valence-corrected chi connectivity index (χ4v) is 5.09. The number of hydrogen-bond acceptors (Lipinski definition) is 4. The number of benzene rings is 3. The van der Waals surface area contributed by atoms with Crippen molar-refractivity contribution in [3.05, 3.63) is 93.5 Å². The number of aliphatic hydroxyl groups is 1. The molecule has 4 rings (SSSR count). The standard InChI is InChI=1S/C31H34ClNO5/c1-19-15-23(29(35)36)10-14-27(19)22-6-5-20-9-13-26(17-24(20)16-22)33(30(37)38-31(2,3)4)18-28(34)21-7-11-25(32)12-8-21/h5-8,10-12,14-16,26,28,34H,9,13,17-18H2,1-4H3,(H,35,36). The summed E-state index contributed by atoms with van der Waals surface area (Å²) in [4.78, 5) is 26.3. The van der Waals surface area contributed by atoms with E-state index in [0.717, 1.165) is 35.1 Å². The molecule has 0 heterocycles. The molecule has 0 aliphatic heterocycles. The van der Waals surface area contributed by atoms with E-state index >= 15 is 0 Å². The van der Waals surface area contributed by atoms with Crippen molar-refractivity contribution in [3.63, 3.8) is 0 Å². The maximum atomic E-state index is 13.3. The number of fused-ring (bicyclic) bond motifs is 1. The van der Waals surface area contributed by atoms with Gasteiger partial charge in [0.1, 0.15) is 5.60 Å². The monoisotopic (exact) mass is 535 g/mol. The number of aliphatic hydroxyl groups excluding tert-OH is 1. The predicted octanol–water partition coefficient (Wildman–Crippen LogP) is 6.84. The Morgan fingerprint density at radius 1 is 1.05 bits per heavy atom. The van der Waals surface area contributed by atoms with E-state index in [1.165, 1.54) is 5.56 Å². The molecule has 0 saturated carbocycles. The number of carboxylic acids is 1. The largest absolute Gasteiger partial charge is 0.478 e. The highest BCUT2D eigenvalue weighted by Crippen LogP contribution is 2.32. The first-order chi connectivity index (χ1) is 17.9. The number of carboxylic acid groups (broad SMARTS) is 1. The summed E-state index contributed by atoms with van der Waals surface area (Å²) >= 11 is 6.01. The van der Waals surface area contributed by atoms with Gasteiger partial charge in [0, 0.05) is 11.1 Å². The minimum atomic E-state index is -0.948. The highest BCUT2D eigenvalue weighted by molar-refractivity contribution is 6.30. The lowest BCUT2D eigenvalue weighted by molar-refractivity contribution is 0.00195. The van der Waals surface area contributed by atoms with Crippen molar-refractivity contribution in [2.24, 2.45) is 0 Å². The number of halogens is 1. The number of hydrogen-bond donors (Lipinski definition) is 2. The van der Waals surface area contributed by atoms with Gasteiger partial charge in [-0.3, -0.25) is 0 Å². The Morgan fingerprint density at radius 3 is 2.39 bits per heavy atom. The van der Waals surface area contributed by atoms with E-state index < -0.39 is 23.8 Å². The van der Waals surface area contributed by atoms with Gasteiger partial charge in [-0.2, -0.15) is 0 Å². The van der Waals surface area contributed by atoms with Crippen LogP contribution in [0.4, 0.5) is 4.79 Å². The molecule has 1 amide bonds. The lowest BCUT2D eigenvalue weighted by atomic mass is 9.85. The lowest BCUT2D eigenvalue weighted by Gasteiger charge is -2.37. The quantitative estimate of drug-likeness (QED) is 0.361. The third kappa shape index (κ3) is 6.55. The Kier molecular flexibility index (Phi) is 8.14. The molecule has 3 aromatic rings. The first kappa shape index (κ1) is 27.7. The van der Waals surface area contributed by atoms with Crippen molar-refractivity contribution in [2.75, 3.05) is 6.54 Å². The third-order valence-electron chi connectivity index (χ3n) is 6.89. The molecule has 2 N–H and O–H groups in total. The zero-order valence-electron chi connectivity index (χ0n) is 22.2. The van der Waals surface area contributed by atoms with Crippen LogP contribution in [0.2, 0.25) is 5.02 Å². The average Bonchev–Trinajstić information content (AvgIpc) is 2.85. The number of carbonyl (C=O) groups excluding carboxylic acids is 1. The zero-order valence-corrected chi connectivity index (χ0v) is 23.0. The average molecular weight is 536 g/mol. The number of rotatable bonds is 6. The lowest BCUT2D eigenvalue weighted by Crippen LogP contribution is -2.47. The Morgan fingerprint density at radius 2 is 1.76 bits per heavy atom. The van der Waals surface area contributed by atoms with Gasteiger partial charge in [-0.05, 0) is 105 Å². The van der Waals surface area contributed by atoms with Crippen LogP contribution in [-0.4, -0.2) is 45.4 Å². The smallest absolute Gasteiger partial charge is 0.410 e. The third-order valence-corrected chi connectivity index (χ3v) is 7.14. The number of nitrogens with zero attached hydrogens (tertiary/aromatic N) is 1. The summed E-state index contributed by atoms with van der Waals surface area (Å²) in [5.41, 5.74) is 5.50. The van der Waals surface area contributed by atoms with E-state index in [1.54, 1.807) is 41.3 Å². The summed E-state index contributed by atoms with van der Waals surface area (Å²) in [6.45, 7) is 7.51. The highest BCUT2D eigenvalue weighted by Gasteiger charge is 2.33.